The number of aryl methyl sites for hydroxylation is 1. The Hall–Kier alpha value is -1.95. The van der Waals surface area contributed by atoms with Crippen molar-refractivity contribution >= 4 is 15.7 Å². The predicted molar refractivity (Wildman–Crippen MR) is 72.8 cm³/mol. The molecule has 0 atom stereocenters. The number of anilines is 1. The number of hydrogen-bond acceptors (Lipinski definition) is 3. The summed E-state index contributed by atoms with van der Waals surface area (Å²) >= 11 is 0. The molecule has 0 unspecified atom stereocenters. The minimum atomic E-state index is -3.32. The van der Waals surface area contributed by atoms with Crippen LogP contribution in [0.3, 0.4) is 0 Å². The second kappa shape index (κ2) is 4.97. The van der Waals surface area contributed by atoms with Crippen LogP contribution >= 0.6 is 0 Å². The zero-order valence-electron chi connectivity index (χ0n) is 10.5. The summed E-state index contributed by atoms with van der Waals surface area (Å²) in [4.78, 5) is 3.89. The third kappa shape index (κ3) is 3.29. The first-order valence-corrected chi connectivity index (χ1v) is 7.44. The van der Waals surface area contributed by atoms with Crippen LogP contribution in [0.5, 0.6) is 0 Å². The van der Waals surface area contributed by atoms with Crippen molar-refractivity contribution in [1.82, 2.24) is 4.98 Å². The molecule has 1 heterocycles. The molecule has 0 aliphatic heterocycles. The van der Waals surface area contributed by atoms with Gasteiger partial charge in [-0.3, -0.25) is 9.71 Å². The fourth-order valence-electron chi connectivity index (χ4n) is 1.82. The van der Waals surface area contributed by atoms with Crippen molar-refractivity contribution in [3.63, 3.8) is 0 Å². The highest BCUT2D eigenvalue weighted by atomic mass is 32.2. The summed E-state index contributed by atoms with van der Waals surface area (Å²) in [5.41, 5.74) is 2.30. The van der Waals surface area contributed by atoms with Gasteiger partial charge >= 0.3 is 0 Å². The topological polar surface area (TPSA) is 59.1 Å². The molecule has 0 spiro atoms. The molecule has 0 fully saturated rings. The fraction of sp³-hybridized carbons (Fsp3) is 0.154. The van der Waals surface area contributed by atoms with E-state index in [0.29, 0.717) is 16.8 Å². The van der Waals surface area contributed by atoms with E-state index in [1.165, 1.54) is 18.5 Å². The molecule has 0 radical (unpaired) electrons. The minimum absolute atomic E-state index is 0.359. The monoisotopic (exact) mass is 280 g/mol. The lowest BCUT2D eigenvalue weighted by atomic mass is 10.0. The summed E-state index contributed by atoms with van der Waals surface area (Å²) in [5.74, 6) is -0.359. The van der Waals surface area contributed by atoms with Gasteiger partial charge in [0.2, 0.25) is 10.0 Å². The molecule has 6 heteroatoms. The van der Waals surface area contributed by atoms with Crippen LogP contribution in [-0.4, -0.2) is 19.7 Å². The van der Waals surface area contributed by atoms with E-state index < -0.39 is 10.0 Å². The number of rotatable bonds is 3. The lowest BCUT2D eigenvalue weighted by molar-refractivity contribution is 0.607. The van der Waals surface area contributed by atoms with Crippen molar-refractivity contribution in [2.45, 2.75) is 6.92 Å². The molecular formula is C13H13FN2O2S. The van der Waals surface area contributed by atoms with E-state index in [4.69, 9.17) is 0 Å². The molecule has 2 aromatic rings. The van der Waals surface area contributed by atoms with Crippen molar-refractivity contribution in [1.29, 1.82) is 0 Å². The average Bonchev–Trinajstić information content (AvgIpc) is 2.28. The van der Waals surface area contributed by atoms with Gasteiger partial charge in [0.05, 0.1) is 6.26 Å². The van der Waals surface area contributed by atoms with Gasteiger partial charge in [-0.15, -0.1) is 0 Å². The summed E-state index contributed by atoms with van der Waals surface area (Å²) < 4.78 is 38.3. The minimum Gasteiger partial charge on any atom is -0.284 e. The largest absolute Gasteiger partial charge is 0.284 e. The Kier molecular flexibility index (Phi) is 3.53. The molecule has 0 saturated heterocycles. The van der Waals surface area contributed by atoms with Crippen LogP contribution in [0.15, 0.2) is 36.7 Å². The normalized spacial score (nSPS) is 11.3. The number of halogens is 1. The molecular weight excluding hydrogens is 267 g/mol. The van der Waals surface area contributed by atoms with Gasteiger partial charge in [0, 0.05) is 23.6 Å². The molecule has 0 aliphatic rings. The first-order chi connectivity index (χ1) is 8.87. The van der Waals surface area contributed by atoms with Gasteiger partial charge in [0.15, 0.2) is 0 Å². The van der Waals surface area contributed by atoms with Crippen molar-refractivity contribution in [2.24, 2.45) is 0 Å². The van der Waals surface area contributed by atoms with E-state index in [1.807, 2.05) is 0 Å². The quantitative estimate of drug-likeness (QED) is 0.940. The molecule has 1 aromatic heterocycles. The second-order valence-corrected chi connectivity index (χ2v) is 6.01. The summed E-state index contributed by atoms with van der Waals surface area (Å²) in [6, 6.07) is 6.21. The lowest BCUT2D eigenvalue weighted by Crippen LogP contribution is -2.09. The predicted octanol–water partition coefficient (Wildman–Crippen LogP) is 2.57. The standard InChI is InChI=1S/C13H13FN2O2S/c1-9-7-10(16-19(2,17)18)3-4-11(9)12-8-15-6-5-13(12)14/h3-8,16H,1-2H3. The third-order valence-corrected chi connectivity index (χ3v) is 3.19. The van der Waals surface area contributed by atoms with Crippen molar-refractivity contribution in [2.75, 3.05) is 11.0 Å². The lowest BCUT2D eigenvalue weighted by Gasteiger charge is -2.10. The fourth-order valence-corrected chi connectivity index (χ4v) is 2.37. The van der Waals surface area contributed by atoms with E-state index in [9.17, 15) is 12.8 Å². The first kappa shape index (κ1) is 13.5. The van der Waals surface area contributed by atoms with Gasteiger partial charge in [-0.1, -0.05) is 6.07 Å². The highest BCUT2D eigenvalue weighted by Gasteiger charge is 2.09. The number of nitrogens with zero attached hydrogens (tertiary/aromatic N) is 1. The van der Waals surface area contributed by atoms with E-state index in [-0.39, 0.29) is 5.82 Å². The smallest absolute Gasteiger partial charge is 0.229 e. The Morgan fingerprint density at radius 2 is 1.95 bits per heavy atom. The highest BCUT2D eigenvalue weighted by molar-refractivity contribution is 7.92. The van der Waals surface area contributed by atoms with E-state index in [2.05, 4.69) is 9.71 Å². The number of hydrogen-bond donors (Lipinski definition) is 1. The zero-order valence-corrected chi connectivity index (χ0v) is 11.3. The number of aromatic nitrogens is 1. The third-order valence-electron chi connectivity index (χ3n) is 2.59. The van der Waals surface area contributed by atoms with Crippen LogP contribution in [0, 0.1) is 12.7 Å². The van der Waals surface area contributed by atoms with Crippen molar-refractivity contribution in [3.05, 3.63) is 48.0 Å². The molecule has 1 aromatic carbocycles. The molecule has 4 nitrogen and oxygen atoms in total. The van der Waals surface area contributed by atoms with Crippen molar-refractivity contribution < 1.29 is 12.8 Å². The Labute approximate surface area is 111 Å². The van der Waals surface area contributed by atoms with Crippen LogP contribution in [0.4, 0.5) is 10.1 Å². The molecule has 0 amide bonds. The zero-order chi connectivity index (χ0) is 14.0. The van der Waals surface area contributed by atoms with Gasteiger partial charge in [0.1, 0.15) is 5.82 Å². The number of pyridine rings is 1. The maximum Gasteiger partial charge on any atom is 0.229 e. The van der Waals surface area contributed by atoms with Gasteiger partial charge in [-0.25, -0.2) is 12.8 Å². The van der Waals surface area contributed by atoms with Crippen molar-refractivity contribution in [3.8, 4) is 11.1 Å². The molecule has 1 N–H and O–H groups in total. The maximum atomic E-state index is 13.7. The van der Waals surface area contributed by atoms with Gasteiger partial charge in [0.25, 0.3) is 0 Å². The van der Waals surface area contributed by atoms with E-state index in [0.717, 1.165) is 11.8 Å². The van der Waals surface area contributed by atoms with E-state index >= 15 is 0 Å². The van der Waals surface area contributed by atoms with E-state index in [1.54, 1.807) is 25.1 Å². The van der Waals surface area contributed by atoms with Gasteiger partial charge < -0.3 is 0 Å². The Morgan fingerprint density at radius 1 is 1.21 bits per heavy atom. The van der Waals surface area contributed by atoms with Crippen LogP contribution in [0.25, 0.3) is 11.1 Å². The van der Waals surface area contributed by atoms with Crippen LogP contribution < -0.4 is 4.72 Å². The van der Waals surface area contributed by atoms with Crippen LogP contribution in [0.2, 0.25) is 0 Å². The summed E-state index contributed by atoms with van der Waals surface area (Å²) in [5, 5.41) is 0. The molecule has 0 aliphatic carbocycles. The first-order valence-electron chi connectivity index (χ1n) is 5.55. The average molecular weight is 280 g/mol. The van der Waals surface area contributed by atoms with Gasteiger partial charge in [-0.2, -0.15) is 0 Å². The summed E-state index contributed by atoms with van der Waals surface area (Å²) in [6.07, 6.45) is 3.91. The Bertz CT molecular complexity index is 714. The SMILES string of the molecule is Cc1cc(NS(C)(=O)=O)ccc1-c1cnccc1F. The molecule has 100 valence electrons. The Balaban J connectivity index is 2.43. The Morgan fingerprint density at radius 3 is 2.53 bits per heavy atom. The van der Waals surface area contributed by atoms with Gasteiger partial charge in [-0.05, 0) is 36.2 Å². The molecule has 2 rings (SSSR count). The second-order valence-electron chi connectivity index (χ2n) is 4.26. The number of benzene rings is 1. The van der Waals surface area contributed by atoms with Crippen LogP contribution in [0.1, 0.15) is 5.56 Å². The highest BCUT2D eigenvalue weighted by Crippen LogP contribution is 2.27. The number of sulfonamides is 1. The summed E-state index contributed by atoms with van der Waals surface area (Å²) in [6.45, 7) is 1.79. The molecule has 0 saturated carbocycles. The van der Waals surface area contributed by atoms with Crippen LogP contribution in [-0.2, 0) is 10.0 Å². The molecule has 0 bridgehead atoms. The molecule has 19 heavy (non-hydrogen) atoms. The number of nitrogens with one attached hydrogen (secondary N) is 1. The maximum absolute atomic E-state index is 13.7. The summed E-state index contributed by atoms with van der Waals surface area (Å²) in [7, 11) is -3.32.